The average molecular weight is 225 g/mol. The van der Waals surface area contributed by atoms with Crippen LogP contribution in [0.1, 0.15) is 39.0 Å². The summed E-state index contributed by atoms with van der Waals surface area (Å²) in [4.78, 5) is 13.9. The number of carbonyl (C=O) groups is 1. The molecule has 1 aliphatic heterocycles. The summed E-state index contributed by atoms with van der Waals surface area (Å²) < 4.78 is 0. The molecule has 4 N–H and O–H groups in total. The Kier molecular flexibility index (Phi) is 3.22. The van der Waals surface area contributed by atoms with Crippen molar-refractivity contribution in [1.82, 2.24) is 4.90 Å². The third kappa shape index (κ3) is 2.23. The molecule has 0 spiro atoms. The molecule has 2 fully saturated rings. The molecule has 4 nitrogen and oxygen atoms in total. The predicted molar refractivity (Wildman–Crippen MR) is 63.7 cm³/mol. The molecule has 0 radical (unpaired) electrons. The van der Waals surface area contributed by atoms with Crippen LogP contribution >= 0.6 is 0 Å². The van der Waals surface area contributed by atoms with E-state index in [-0.39, 0.29) is 5.91 Å². The maximum absolute atomic E-state index is 11.6. The van der Waals surface area contributed by atoms with Crippen molar-refractivity contribution in [2.75, 3.05) is 13.1 Å². The third-order valence-corrected chi connectivity index (χ3v) is 4.17. The Morgan fingerprint density at radius 1 is 1.38 bits per heavy atom. The number of rotatable bonds is 4. The zero-order valence-corrected chi connectivity index (χ0v) is 10.1. The van der Waals surface area contributed by atoms with Crippen molar-refractivity contribution in [2.24, 2.45) is 17.4 Å². The molecule has 1 amide bonds. The first-order valence-corrected chi connectivity index (χ1v) is 6.37. The molecule has 1 saturated carbocycles. The summed E-state index contributed by atoms with van der Waals surface area (Å²) >= 11 is 0. The largest absolute Gasteiger partial charge is 0.368 e. The Bertz CT molecular complexity index is 277. The SMILES string of the molecule is CC1CCCCN1CC(N)(C(N)=O)C1CC1. The van der Waals surface area contributed by atoms with Crippen LogP contribution in [0.15, 0.2) is 0 Å². The van der Waals surface area contributed by atoms with Crippen LogP contribution in [0.25, 0.3) is 0 Å². The maximum atomic E-state index is 11.6. The first-order chi connectivity index (χ1) is 7.54. The van der Waals surface area contributed by atoms with Gasteiger partial charge in [0.2, 0.25) is 5.91 Å². The van der Waals surface area contributed by atoms with Crippen LogP contribution in [0.3, 0.4) is 0 Å². The summed E-state index contributed by atoms with van der Waals surface area (Å²) in [6, 6.07) is 0.537. The Morgan fingerprint density at radius 3 is 2.56 bits per heavy atom. The van der Waals surface area contributed by atoms with Gasteiger partial charge in [-0.1, -0.05) is 6.42 Å². The molecular weight excluding hydrogens is 202 g/mol. The minimum absolute atomic E-state index is 0.319. The van der Waals surface area contributed by atoms with E-state index in [1.165, 1.54) is 19.3 Å². The number of amides is 1. The zero-order valence-electron chi connectivity index (χ0n) is 10.1. The highest BCUT2D eigenvalue weighted by Crippen LogP contribution is 2.39. The molecule has 0 aromatic rings. The molecule has 0 aromatic carbocycles. The molecule has 1 heterocycles. The Morgan fingerprint density at radius 2 is 2.06 bits per heavy atom. The molecule has 1 aliphatic carbocycles. The summed E-state index contributed by atoms with van der Waals surface area (Å²) in [5.41, 5.74) is 10.9. The number of hydrogen-bond acceptors (Lipinski definition) is 3. The van der Waals surface area contributed by atoms with Gasteiger partial charge in [-0.2, -0.15) is 0 Å². The fraction of sp³-hybridized carbons (Fsp3) is 0.917. The van der Waals surface area contributed by atoms with E-state index in [2.05, 4.69) is 11.8 Å². The van der Waals surface area contributed by atoms with Crippen molar-refractivity contribution in [3.05, 3.63) is 0 Å². The van der Waals surface area contributed by atoms with E-state index in [1.807, 2.05) is 0 Å². The lowest BCUT2D eigenvalue weighted by Crippen LogP contribution is -2.62. The van der Waals surface area contributed by atoms with Gasteiger partial charge in [-0.05, 0) is 45.1 Å². The fourth-order valence-corrected chi connectivity index (χ4v) is 2.74. The number of nitrogens with two attached hydrogens (primary N) is 2. The molecule has 2 atom stereocenters. The van der Waals surface area contributed by atoms with Crippen molar-refractivity contribution in [3.8, 4) is 0 Å². The molecule has 0 aromatic heterocycles. The van der Waals surface area contributed by atoms with Crippen molar-refractivity contribution in [1.29, 1.82) is 0 Å². The lowest BCUT2D eigenvalue weighted by atomic mass is 9.91. The van der Waals surface area contributed by atoms with Gasteiger partial charge in [-0.25, -0.2) is 0 Å². The lowest BCUT2D eigenvalue weighted by molar-refractivity contribution is -0.125. The Hall–Kier alpha value is -0.610. The lowest BCUT2D eigenvalue weighted by Gasteiger charge is -2.39. The fourth-order valence-electron chi connectivity index (χ4n) is 2.74. The average Bonchev–Trinajstić information content (AvgIpc) is 3.04. The summed E-state index contributed by atoms with van der Waals surface area (Å²) in [5, 5.41) is 0. The standard InChI is InChI=1S/C12H23N3O/c1-9-4-2-3-7-15(9)8-12(14,11(13)16)10-5-6-10/h9-10H,2-8,14H2,1H3,(H2,13,16). The van der Waals surface area contributed by atoms with E-state index < -0.39 is 5.54 Å². The van der Waals surface area contributed by atoms with Gasteiger partial charge in [0.1, 0.15) is 5.54 Å². The summed E-state index contributed by atoms with van der Waals surface area (Å²) in [6.07, 6.45) is 5.82. The molecular formula is C12H23N3O. The molecule has 0 bridgehead atoms. The summed E-state index contributed by atoms with van der Waals surface area (Å²) in [6.45, 7) is 3.92. The van der Waals surface area contributed by atoms with Crippen molar-refractivity contribution in [2.45, 2.75) is 50.6 Å². The van der Waals surface area contributed by atoms with Gasteiger partial charge in [0.05, 0.1) is 0 Å². The highest BCUT2D eigenvalue weighted by Gasteiger charge is 2.48. The normalized spacial score (nSPS) is 31.0. The first-order valence-electron chi connectivity index (χ1n) is 6.37. The molecule has 2 rings (SSSR count). The van der Waals surface area contributed by atoms with Gasteiger partial charge in [0.25, 0.3) is 0 Å². The quantitative estimate of drug-likeness (QED) is 0.730. The van der Waals surface area contributed by atoms with Crippen LogP contribution in [-0.2, 0) is 4.79 Å². The monoisotopic (exact) mass is 225 g/mol. The van der Waals surface area contributed by atoms with E-state index in [0.717, 1.165) is 19.4 Å². The Balaban J connectivity index is 2.02. The number of hydrogen-bond donors (Lipinski definition) is 2. The topological polar surface area (TPSA) is 72.3 Å². The second-order valence-electron chi connectivity index (χ2n) is 5.49. The van der Waals surface area contributed by atoms with Crippen LogP contribution in [0.5, 0.6) is 0 Å². The van der Waals surface area contributed by atoms with Crippen molar-refractivity contribution >= 4 is 5.91 Å². The van der Waals surface area contributed by atoms with Gasteiger partial charge in [-0.15, -0.1) is 0 Å². The number of carbonyl (C=O) groups excluding carboxylic acids is 1. The van der Waals surface area contributed by atoms with Crippen molar-refractivity contribution in [3.63, 3.8) is 0 Å². The Labute approximate surface area is 97.3 Å². The molecule has 4 heteroatoms. The third-order valence-electron chi connectivity index (χ3n) is 4.17. The predicted octanol–water partition coefficient (Wildman–Crippen LogP) is 0.454. The smallest absolute Gasteiger partial charge is 0.239 e. The van der Waals surface area contributed by atoms with E-state index >= 15 is 0 Å². The molecule has 2 aliphatic rings. The second kappa shape index (κ2) is 4.34. The molecule has 1 saturated heterocycles. The van der Waals surface area contributed by atoms with Gasteiger partial charge in [-0.3, -0.25) is 9.69 Å². The summed E-state index contributed by atoms with van der Waals surface area (Å²) in [5.74, 6) is -0.00750. The van der Waals surface area contributed by atoms with Gasteiger partial charge in [0, 0.05) is 12.6 Å². The number of nitrogens with zero attached hydrogens (tertiary/aromatic N) is 1. The van der Waals surface area contributed by atoms with Gasteiger partial charge >= 0.3 is 0 Å². The highest BCUT2D eigenvalue weighted by atomic mass is 16.1. The van der Waals surface area contributed by atoms with Crippen LogP contribution in [0, 0.1) is 5.92 Å². The first kappa shape index (κ1) is 11.9. The molecule has 2 unspecified atom stereocenters. The van der Waals surface area contributed by atoms with E-state index in [9.17, 15) is 4.79 Å². The zero-order chi connectivity index (χ0) is 11.8. The van der Waals surface area contributed by atoms with Crippen LogP contribution < -0.4 is 11.5 Å². The van der Waals surface area contributed by atoms with Crippen molar-refractivity contribution < 1.29 is 4.79 Å². The van der Waals surface area contributed by atoms with Gasteiger partial charge < -0.3 is 11.5 Å². The van der Waals surface area contributed by atoms with Crippen LogP contribution in [0.4, 0.5) is 0 Å². The minimum atomic E-state index is -0.786. The highest BCUT2D eigenvalue weighted by molar-refractivity contribution is 5.85. The number of piperidine rings is 1. The van der Waals surface area contributed by atoms with Crippen LogP contribution in [-0.4, -0.2) is 35.5 Å². The second-order valence-corrected chi connectivity index (χ2v) is 5.49. The van der Waals surface area contributed by atoms with E-state index in [4.69, 9.17) is 11.5 Å². The number of primary amides is 1. The maximum Gasteiger partial charge on any atom is 0.239 e. The molecule has 92 valence electrons. The van der Waals surface area contributed by atoms with Gasteiger partial charge in [0.15, 0.2) is 0 Å². The van der Waals surface area contributed by atoms with Crippen LogP contribution in [0.2, 0.25) is 0 Å². The summed E-state index contributed by atoms with van der Waals surface area (Å²) in [7, 11) is 0. The van der Waals surface area contributed by atoms with E-state index in [0.29, 0.717) is 18.5 Å². The molecule has 16 heavy (non-hydrogen) atoms. The number of likely N-dealkylation sites (tertiary alicyclic amines) is 1. The minimum Gasteiger partial charge on any atom is -0.368 e. The van der Waals surface area contributed by atoms with E-state index in [1.54, 1.807) is 0 Å².